The lowest BCUT2D eigenvalue weighted by Crippen LogP contribution is -2.23. The number of carbonyl (C=O) groups is 2. The number of amides is 1. The van der Waals surface area contributed by atoms with Crippen molar-refractivity contribution in [3.63, 3.8) is 0 Å². The van der Waals surface area contributed by atoms with Gasteiger partial charge in [0.15, 0.2) is 0 Å². The second kappa shape index (κ2) is 8.52. The van der Waals surface area contributed by atoms with Crippen LogP contribution < -0.4 is 10.6 Å². The summed E-state index contributed by atoms with van der Waals surface area (Å²) >= 11 is 0. The van der Waals surface area contributed by atoms with Gasteiger partial charge in [0.05, 0.1) is 18.2 Å². The monoisotopic (exact) mass is 363 g/mol. The molecule has 0 saturated heterocycles. The van der Waals surface area contributed by atoms with Gasteiger partial charge in [0.2, 0.25) is 5.95 Å². The molecule has 1 aromatic carbocycles. The predicted octanol–water partition coefficient (Wildman–Crippen LogP) is 2.33. The van der Waals surface area contributed by atoms with Crippen LogP contribution >= 0.6 is 0 Å². The molecule has 0 aliphatic rings. The van der Waals surface area contributed by atoms with Gasteiger partial charge in [-0.1, -0.05) is 0 Å². The lowest BCUT2D eigenvalue weighted by atomic mass is 10.2. The number of hydrogen-bond acceptors (Lipinski definition) is 7. The van der Waals surface area contributed by atoms with E-state index in [4.69, 9.17) is 0 Å². The van der Waals surface area contributed by atoms with E-state index in [1.165, 1.54) is 19.5 Å². The molecule has 0 fully saturated rings. The maximum absolute atomic E-state index is 12.1. The zero-order chi connectivity index (χ0) is 19.1. The third kappa shape index (κ3) is 4.85. The van der Waals surface area contributed by atoms with E-state index in [1.54, 1.807) is 36.7 Å². The highest BCUT2D eigenvalue weighted by Gasteiger charge is 2.08. The molecule has 0 atom stereocenters. The standard InChI is InChI=1S/C19H17N5O3/c1-27-18(26)14-2-4-16(5-3-14)24-19-22-11-15(12-23-19)17(25)21-10-13-6-8-20-9-7-13/h2-9,11-12H,10H2,1H3,(H,21,25)(H,22,23,24). The molecule has 0 unspecified atom stereocenters. The first-order valence-electron chi connectivity index (χ1n) is 8.10. The SMILES string of the molecule is COC(=O)c1ccc(Nc2ncc(C(=O)NCc3ccncc3)cn2)cc1. The van der Waals surface area contributed by atoms with Crippen LogP contribution in [0.5, 0.6) is 0 Å². The first kappa shape index (κ1) is 18.0. The number of benzene rings is 1. The maximum atomic E-state index is 12.1. The van der Waals surface area contributed by atoms with E-state index in [0.29, 0.717) is 29.3 Å². The predicted molar refractivity (Wildman–Crippen MR) is 98.5 cm³/mol. The van der Waals surface area contributed by atoms with Gasteiger partial charge >= 0.3 is 5.97 Å². The highest BCUT2D eigenvalue weighted by atomic mass is 16.5. The number of anilines is 2. The van der Waals surface area contributed by atoms with Crippen molar-refractivity contribution in [1.29, 1.82) is 0 Å². The van der Waals surface area contributed by atoms with Crippen molar-refractivity contribution in [3.05, 3.63) is 77.9 Å². The Bertz CT molecular complexity index is 912. The van der Waals surface area contributed by atoms with Gasteiger partial charge in [0.1, 0.15) is 0 Å². The molecule has 8 heteroatoms. The van der Waals surface area contributed by atoms with Crippen molar-refractivity contribution < 1.29 is 14.3 Å². The van der Waals surface area contributed by atoms with E-state index in [2.05, 4.69) is 30.3 Å². The summed E-state index contributed by atoms with van der Waals surface area (Å²) < 4.78 is 4.65. The van der Waals surface area contributed by atoms with Gasteiger partial charge in [-0.15, -0.1) is 0 Å². The van der Waals surface area contributed by atoms with Gasteiger partial charge in [-0.25, -0.2) is 14.8 Å². The molecule has 136 valence electrons. The number of esters is 1. The topological polar surface area (TPSA) is 106 Å². The molecule has 0 spiro atoms. The lowest BCUT2D eigenvalue weighted by Gasteiger charge is -2.07. The van der Waals surface area contributed by atoms with Crippen LogP contribution in [-0.4, -0.2) is 33.9 Å². The van der Waals surface area contributed by atoms with Crippen molar-refractivity contribution in [2.75, 3.05) is 12.4 Å². The van der Waals surface area contributed by atoms with Crippen molar-refractivity contribution in [2.24, 2.45) is 0 Å². The molecule has 2 N–H and O–H groups in total. The fraction of sp³-hybridized carbons (Fsp3) is 0.105. The van der Waals surface area contributed by atoms with E-state index in [9.17, 15) is 9.59 Å². The number of methoxy groups -OCH3 is 1. The summed E-state index contributed by atoms with van der Waals surface area (Å²) in [5, 5.41) is 5.79. The number of aromatic nitrogens is 3. The number of nitrogens with one attached hydrogen (secondary N) is 2. The Morgan fingerprint density at radius 2 is 1.63 bits per heavy atom. The number of rotatable bonds is 6. The number of ether oxygens (including phenoxy) is 1. The first-order valence-corrected chi connectivity index (χ1v) is 8.10. The van der Waals surface area contributed by atoms with Crippen LogP contribution in [0.1, 0.15) is 26.3 Å². The average Bonchev–Trinajstić information content (AvgIpc) is 2.73. The number of pyridine rings is 1. The molecule has 3 rings (SSSR count). The van der Waals surface area contributed by atoms with Crippen LogP contribution in [0.2, 0.25) is 0 Å². The van der Waals surface area contributed by atoms with Gasteiger partial charge in [0, 0.05) is 37.0 Å². The Balaban J connectivity index is 1.58. The van der Waals surface area contributed by atoms with Crippen LogP contribution in [-0.2, 0) is 11.3 Å². The molecular weight excluding hydrogens is 346 g/mol. The van der Waals surface area contributed by atoms with E-state index >= 15 is 0 Å². The quantitative estimate of drug-likeness (QED) is 0.647. The summed E-state index contributed by atoms with van der Waals surface area (Å²) in [7, 11) is 1.33. The number of nitrogens with zero attached hydrogens (tertiary/aromatic N) is 3. The lowest BCUT2D eigenvalue weighted by molar-refractivity contribution is 0.0600. The summed E-state index contributed by atoms with van der Waals surface area (Å²) in [6, 6.07) is 10.4. The van der Waals surface area contributed by atoms with Gasteiger partial charge < -0.3 is 15.4 Å². The summed E-state index contributed by atoms with van der Waals surface area (Å²) in [5.41, 5.74) is 2.46. The van der Waals surface area contributed by atoms with Crippen LogP contribution in [0.15, 0.2) is 61.2 Å². The summed E-state index contributed by atoms with van der Waals surface area (Å²) in [6.07, 6.45) is 6.23. The zero-order valence-corrected chi connectivity index (χ0v) is 14.5. The van der Waals surface area contributed by atoms with Crippen molar-refractivity contribution >= 4 is 23.5 Å². The van der Waals surface area contributed by atoms with Gasteiger partial charge in [0.25, 0.3) is 5.91 Å². The zero-order valence-electron chi connectivity index (χ0n) is 14.5. The summed E-state index contributed by atoms with van der Waals surface area (Å²) in [4.78, 5) is 35.8. The molecule has 2 aromatic heterocycles. The van der Waals surface area contributed by atoms with Gasteiger partial charge in [-0.3, -0.25) is 9.78 Å². The third-order valence-electron chi connectivity index (χ3n) is 3.68. The molecule has 0 aliphatic carbocycles. The second-order valence-corrected chi connectivity index (χ2v) is 5.53. The molecule has 1 amide bonds. The fourth-order valence-electron chi connectivity index (χ4n) is 2.23. The first-order chi connectivity index (χ1) is 13.2. The minimum absolute atomic E-state index is 0.263. The van der Waals surface area contributed by atoms with E-state index in [1.807, 2.05) is 12.1 Å². The Morgan fingerprint density at radius 1 is 0.963 bits per heavy atom. The minimum Gasteiger partial charge on any atom is -0.465 e. The molecule has 3 aromatic rings. The summed E-state index contributed by atoms with van der Waals surface area (Å²) in [6.45, 7) is 0.397. The smallest absolute Gasteiger partial charge is 0.337 e. The molecular formula is C19H17N5O3. The minimum atomic E-state index is -0.403. The number of hydrogen-bond donors (Lipinski definition) is 2. The Hall–Kier alpha value is -3.81. The van der Waals surface area contributed by atoms with Crippen LogP contribution in [0.25, 0.3) is 0 Å². The van der Waals surface area contributed by atoms with E-state index in [0.717, 1.165) is 5.56 Å². The Kier molecular flexibility index (Phi) is 5.68. The molecule has 0 radical (unpaired) electrons. The third-order valence-corrected chi connectivity index (χ3v) is 3.68. The molecule has 0 aliphatic heterocycles. The Morgan fingerprint density at radius 3 is 2.26 bits per heavy atom. The number of carbonyl (C=O) groups excluding carboxylic acids is 2. The molecule has 0 saturated carbocycles. The molecule has 27 heavy (non-hydrogen) atoms. The normalized spacial score (nSPS) is 10.1. The molecule has 0 bridgehead atoms. The van der Waals surface area contributed by atoms with Crippen molar-refractivity contribution in [1.82, 2.24) is 20.3 Å². The molecule has 8 nitrogen and oxygen atoms in total. The maximum Gasteiger partial charge on any atom is 0.337 e. The van der Waals surface area contributed by atoms with Crippen molar-refractivity contribution in [3.8, 4) is 0 Å². The fourth-order valence-corrected chi connectivity index (χ4v) is 2.23. The Labute approximate surface area is 155 Å². The largest absolute Gasteiger partial charge is 0.465 e. The summed E-state index contributed by atoms with van der Waals surface area (Å²) in [5.74, 6) is -0.327. The van der Waals surface area contributed by atoms with Crippen LogP contribution in [0.4, 0.5) is 11.6 Å². The second-order valence-electron chi connectivity index (χ2n) is 5.53. The molecule has 2 heterocycles. The van der Waals surface area contributed by atoms with E-state index < -0.39 is 5.97 Å². The van der Waals surface area contributed by atoms with E-state index in [-0.39, 0.29) is 5.91 Å². The highest BCUT2D eigenvalue weighted by molar-refractivity contribution is 5.93. The van der Waals surface area contributed by atoms with Crippen LogP contribution in [0.3, 0.4) is 0 Å². The average molecular weight is 363 g/mol. The van der Waals surface area contributed by atoms with Gasteiger partial charge in [-0.2, -0.15) is 0 Å². The van der Waals surface area contributed by atoms with Gasteiger partial charge in [-0.05, 0) is 42.0 Å². The highest BCUT2D eigenvalue weighted by Crippen LogP contribution is 2.14. The van der Waals surface area contributed by atoms with Crippen LogP contribution in [0, 0.1) is 0 Å². The van der Waals surface area contributed by atoms with Crippen molar-refractivity contribution in [2.45, 2.75) is 6.54 Å².